The topological polar surface area (TPSA) is 24.1 Å². The van der Waals surface area contributed by atoms with Crippen LogP contribution in [-0.2, 0) is 11.6 Å². The normalized spacial score (nSPS) is 13.2. The zero-order valence-electron chi connectivity index (χ0n) is 15.0. The molecular formula is C20H23F3N2S. The highest BCUT2D eigenvalue weighted by Gasteiger charge is 2.30. The average molecular weight is 380 g/mol. The number of thiocarbonyl (C=S) groups is 1. The highest BCUT2D eigenvalue weighted by atomic mass is 32.1. The number of alkyl halides is 3. The van der Waals surface area contributed by atoms with Crippen LogP contribution in [0.15, 0.2) is 54.6 Å². The van der Waals surface area contributed by atoms with E-state index >= 15 is 0 Å². The Balaban J connectivity index is 1.91. The van der Waals surface area contributed by atoms with Crippen LogP contribution >= 0.6 is 12.2 Å². The molecule has 0 amide bonds. The van der Waals surface area contributed by atoms with Gasteiger partial charge in [-0.25, -0.2) is 0 Å². The Labute approximate surface area is 157 Å². The lowest BCUT2D eigenvalue weighted by Crippen LogP contribution is -2.39. The SMILES string of the molecule is C[C@H](CC(C)(C)c1ccccc1)NC(=S)Nc1ccc(C(F)(F)F)cc1. The number of nitrogens with one attached hydrogen (secondary N) is 2. The second kappa shape index (κ2) is 8.08. The summed E-state index contributed by atoms with van der Waals surface area (Å²) >= 11 is 5.28. The molecule has 0 aliphatic heterocycles. The Bertz CT molecular complexity index is 725. The highest BCUT2D eigenvalue weighted by Crippen LogP contribution is 2.30. The predicted octanol–water partition coefficient (Wildman–Crippen LogP) is 5.75. The maximum Gasteiger partial charge on any atom is 0.416 e. The van der Waals surface area contributed by atoms with Crippen molar-refractivity contribution in [2.75, 3.05) is 5.32 Å². The van der Waals surface area contributed by atoms with Crippen molar-refractivity contribution >= 4 is 23.0 Å². The van der Waals surface area contributed by atoms with E-state index in [0.29, 0.717) is 10.8 Å². The van der Waals surface area contributed by atoms with Gasteiger partial charge in [0.2, 0.25) is 0 Å². The first-order chi connectivity index (χ1) is 12.1. The van der Waals surface area contributed by atoms with Gasteiger partial charge in [-0.2, -0.15) is 13.2 Å². The summed E-state index contributed by atoms with van der Waals surface area (Å²) in [4.78, 5) is 0. The summed E-state index contributed by atoms with van der Waals surface area (Å²) in [6.45, 7) is 6.38. The Morgan fingerprint density at radius 2 is 1.54 bits per heavy atom. The molecule has 2 rings (SSSR count). The van der Waals surface area contributed by atoms with E-state index in [1.54, 1.807) is 0 Å². The predicted molar refractivity (Wildman–Crippen MR) is 104 cm³/mol. The molecule has 2 nitrogen and oxygen atoms in total. The first kappa shape index (κ1) is 20.2. The van der Waals surface area contributed by atoms with E-state index in [2.05, 4.69) is 36.6 Å². The first-order valence-corrected chi connectivity index (χ1v) is 8.79. The van der Waals surface area contributed by atoms with E-state index in [1.165, 1.54) is 17.7 Å². The minimum absolute atomic E-state index is 0.0301. The molecule has 2 N–H and O–H groups in total. The number of halogens is 3. The van der Waals surface area contributed by atoms with Gasteiger partial charge in [0.15, 0.2) is 5.11 Å². The summed E-state index contributed by atoms with van der Waals surface area (Å²) in [5, 5.41) is 6.52. The zero-order chi connectivity index (χ0) is 19.4. The van der Waals surface area contributed by atoms with Crippen molar-refractivity contribution in [3.8, 4) is 0 Å². The largest absolute Gasteiger partial charge is 0.416 e. The monoisotopic (exact) mass is 380 g/mol. The lowest BCUT2D eigenvalue weighted by Gasteiger charge is -2.29. The molecule has 0 heterocycles. The van der Waals surface area contributed by atoms with Crippen molar-refractivity contribution in [3.63, 3.8) is 0 Å². The summed E-state index contributed by atoms with van der Waals surface area (Å²) in [5.74, 6) is 0. The number of hydrogen-bond donors (Lipinski definition) is 2. The molecule has 0 saturated carbocycles. The van der Waals surface area contributed by atoms with Gasteiger partial charge in [0.25, 0.3) is 0 Å². The summed E-state index contributed by atoms with van der Waals surface area (Å²) in [7, 11) is 0. The Kier molecular flexibility index (Phi) is 6.29. The van der Waals surface area contributed by atoms with Crippen LogP contribution < -0.4 is 10.6 Å². The smallest absolute Gasteiger partial charge is 0.360 e. The Morgan fingerprint density at radius 3 is 2.08 bits per heavy atom. The second-order valence-corrected chi connectivity index (χ2v) is 7.44. The van der Waals surface area contributed by atoms with Crippen molar-refractivity contribution < 1.29 is 13.2 Å². The number of benzene rings is 2. The van der Waals surface area contributed by atoms with E-state index in [9.17, 15) is 13.2 Å². The maximum absolute atomic E-state index is 12.6. The third-order valence-corrected chi connectivity index (χ3v) is 4.44. The maximum atomic E-state index is 12.6. The summed E-state index contributed by atoms with van der Waals surface area (Å²) in [6, 6.07) is 15.1. The van der Waals surface area contributed by atoms with Crippen LogP contribution in [0, 0.1) is 0 Å². The van der Waals surface area contributed by atoms with Crippen LogP contribution in [0.4, 0.5) is 18.9 Å². The Hall–Kier alpha value is -2.08. The summed E-state index contributed by atoms with van der Waals surface area (Å²) < 4.78 is 37.8. The molecule has 1 atom stereocenters. The molecule has 0 aliphatic rings. The van der Waals surface area contributed by atoms with Crippen LogP contribution in [0.25, 0.3) is 0 Å². The van der Waals surface area contributed by atoms with Gasteiger partial charge in [-0.3, -0.25) is 0 Å². The third kappa shape index (κ3) is 5.73. The van der Waals surface area contributed by atoms with Crippen molar-refractivity contribution in [2.45, 2.75) is 44.8 Å². The molecule has 2 aromatic carbocycles. The minimum atomic E-state index is -4.34. The van der Waals surface area contributed by atoms with Gasteiger partial charge in [0.05, 0.1) is 5.56 Å². The molecule has 0 fully saturated rings. The molecule has 0 aromatic heterocycles. The molecular weight excluding hydrogens is 357 g/mol. The number of rotatable bonds is 5. The van der Waals surface area contributed by atoms with Crippen LogP contribution in [-0.4, -0.2) is 11.2 Å². The van der Waals surface area contributed by atoms with Gasteiger partial charge in [0, 0.05) is 11.7 Å². The summed E-state index contributed by atoms with van der Waals surface area (Å²) in [5.41, 5.74) is 1.05. The number of anilines is 1. The molecule has 0 spiro atoms. The highest BCUT2D eigenvalue weighted by molar-refractivity contribution is 7.80. The molecule has 0 saturated heterocycles. The van der Waals surface area contributed by atoms with Crippen molar-refractivity contribution in [3.05, 3.63) is 65.7 Å². The van der Waals surface area contributed by atoms with Crippen LogP contribution in [0.2, 0.25) is 0 Å². The fourth-order valence-electron chi connectivity index (χ4n) is 2.96. The van der Waals surface area contributed by atoms with Crippen molar-refractivity contribution in [1.82, 2.24) is 5.32 Å². The molecule has 0 radical (unpaired) electrons. The van der Waals surface area contributed by atoms with Crippen molar-refractivity contribution in [2.24, 2.45) is 0 Å². The molecule has 0 bridgehead atoms. The average Bonchev–Trinajstić information content (AvgIpc) is 2.54. The van der Waals surface area contributed by atoms with E-state index in [4.69, 9.17) is 12.2 Å². The molecule has 0 unspecified atom stereocenters. The number of hydrogen-bond acceptors (Lipinski definition) is 1. The first-order valence-electron chi connectivity index (χ1n) is 8.38. The molecule has 2 aromatic rings. The van der Waals surface area contributed by atoms with Gasteiger partial charge in [-0.1, -0.05) is 44.2 Å². The van der Waals surface area contributed by atoms with Crippen LogP contribution in [0.5, 0.6) is 0 Å². The van der Waals surface area contributed by atoms with Crippen LogP contribution in [0.1, 0.15) is 38.3 Å². The summed E-state index contributed by atoms with van der Waals surface area (Å²) in [6.07, 6.45) is -3.49. The fourth-order valence-corrected chi connectivity index (χ4v) is 3.28. The fraction of sp³-hybridized carbons (Fsp3) is 0.350. The zero-order valence-corrected chi connectivity index (χ0v) is 15.8. The standard InChI is InChI=1S/C20H23F3N2S/c1-14(13-19(2,3)15-7-5-4-6-8-15)24-18(26)25-17-11-9-16(10-12-17)20(21,22)23/h4-12,14H,13H2,1-3H3,(H2,24,25,26)/t14-/m1/s1. The van der Waals surface area contributed by atoms with E-state index in [1.807, 2.05) is 25.1 Å². The van der Waals surface area contributed by atoms with Crippen molar-refractivity contribution in [1.29, 1.82) is 0 Å². The van der Waals surface area contributed by atoms with Gasteiger partial charge in [0.1, 0.15) is 0 Å². The Morgan fingerprint density at radius 1 is 0.962 bits per heavy atom. The van der Waals surface area contributed by atoms with Crippen LogP contribution in [0.3, 0.4) is 0 Å². The quantitative estimate of drug-likeness (QED) is 0.646. The molecule has 0 aliphatic carbocycles. The van der Waals surface area contributed by atoms with E-state index in [0.717, 1.165) is 18.6 Å². The van der Waals surface area contributed by atoms with Gasteiger partial charge in [-0.15, -0.1) is 0 Å². The van der Waals surface area contributed by atoms with Gasteiger partial charge in [-0.05, 0) is 60.8 Å². The molecule has 6 heteroatoms. The molecule has 26 heavy (non-hydrogen) atoms. The lowest BCUT2D eigenvalue weighted by molar-refractivity contribution is -0.137. The van der Waals surface area contributed by atoms with E-state index < -0.39 is 11.7 Å². The van der Waals surface area contributed by atoms with Gasteiger partial charge < -0.3 is 10.6 Å². The third-order valence-electron chi connectivity index (χ3n) is 4.22. The van der Waals surface area contributed by atoms with E-state index in [-0.39, 0.29) is 11.5 Å². The minimum Gasteiger partial charge on any atom is -0.360 e. The second-order valence-electron chi connectivity index (χ2n) is 7.03. The van der Waals surface area contributed by atoms with Gasteiger partial charge >= 0.3 is 6.18 Å². The lowest BCUT2D eigenvalue weighted by atomic mass is 9.79. The molecule has 140 valence electrons.